The largest absolute Gasteiger partial charge is 0.417 e. The number of likely N-dealkylation sites (tertiary alicyclic amines) is 1. The van der Waals surface area contributed by atoms with Gasteiger partial charge in [-0.2, -0.15) is 18.4 Å². The van der Waals surface area contributed by atoms with Crippen molar-refractivity contribution in [2.24, 2.45) is 17.8 Å². The van der Waals surface area contributed by atoms with Gasteiger partial charge in [0.15, 0.2) is 0 Å². The number of rotatable bonds is 11. The smallest absolute Gasteiger partial charge is 0.343 e. The van der Waals surface area contributed by atoms with E-state index in [9.17, 15) is 56.8 Å². The number of nitriles is 1. The van der Waals surface area contributed by atoms with Gasteiger partial charge in [0.25, 0.3) is 0 Å². The van der Waals surface area contributed by atoms with E-state index in [1.54, 1.807) is 44.7 Å². The normalized spacial score (nSPS) is 24.6. The minimum atomic E-state index is -4.78. The Morgan fingerprint density at radius 1 is 0.670 bits per heavy atom. The molecule has 6 rings (SSSR count). The van der Waals surface area contributed by atoms with Gasteiger partial charge in [-0.25, -0.2) is 0 Å². The molecule has 12 amide bonds. The number of fused-ring (bicyclic) bond motifs is 1. The minimum absolute atomic E-state index is 0.00452. The van der Waals surface area contributed by atoms with Gasteiger partial charge >= 0.3 is 6.18 Å². The number of nitrogens with zero attached hydrogens (tertiary/aromatic N) is 10. The Balaban J connectivity index is 1.44. The summed E-state index contributed by atoms with van der Waals surface area (Å²) >= 11 is 6.13. The van der Waals surface area contributed by atoms with Gasteiger partial charge in [-0.1, -0.05) is 90.6 Å². The highest BCUT2D eigenvalue weighted by Crippen LogP contribution is 2.37. The maximum Gasteiger partial charge on any atom is 0.417 e. The average Bonchev–Trinajstić information content (AvgIpc) is 1.59. The van der Waals surface area contributed by atoms with Crippen molar-refractivity contribution in [1.29, 1.82) is 5.26 Å². The quantitative estimate of drug-likeness (QED) is 0.277. The van der Waals surface area contributed by atoms with Crippen LogP contribution in [0, 0.1) is 29.1 Å². The van der Waals surface area contributed by atoms with Crippen molar-refractivity contribution < 1.29 is 70.7 Å². The highest BCUT2D eigenvalue weighted by atomic mass is 35.5. The lowest BCUT2D eigenvalue weighted by Crippen LogP contribution is -2.65. The van der Waals surface area contributed by atoms with Gasteiger partial charge < -0.3 is 60.0 Å². The zero-order valence-electron chi connectivity index (χ0n) is 60.0. The van der Waals surface area contributed by atoms with E-state index in [0.717, 1.165) is 38.2 Å². The molecule has 4 fully saturated rings. The number of aryl methyl sites for hydroxylation is 1. The molecule has 3 saturated heterocycles. The van der Waals surface area contributed by atoms with E-state index in [1.807, 2.05) is 19.9 Å². The molecule has 0 unspecified atom stereocenters. The van der Waals surface area contributed by atoms with Gasteiger partial charge in [-0.3, -0.25) is 57.5 Å². The van der Waals surface area contributed by atoms with E-state index < -0.39 is 173 Å². The maximum atomic E-state index is 15.4. The lowest BCUT2D eigenvalue weighted by Gasteiger charge is -2.42. The van der Waals surface area contributed by atoms with Gasteiger partial charge in [0.2, 0.25) is 70.9 Å². The standard InChI is InChI=1S/C71H101ClF3N13O12/c1-14-45(6)60-67(98)82(9)41-58(91)80(7)42-59(92)84(11)54(37-47-22-20-23-48(35-47)39-76)65(96)81(8)40-56(89)77-51(28-26-46-25-27-49(50(72)36-46)71(73,74)75)64(95)88-33-21-24-52(88)63(94)79-70(29-16-17-30-70)69(100)86(13)61(44(4)5)68(99)85(12)55(66(97)87-31-18-15-19-32-87)38-57(90)83(10)53(34-43(2)3)62(93)78-60/h20,22-23,25,27,35-36,43-45,51-55,60-61H,14-19,21,24,26,28-34,37-38,40-42H2,1-13H3,(H,77,89)(H,78,93)(H,79,94)/t45-,51-,52-,53-,54-,55-,60-,61-/m0/s1. The van der Waals surface area contributed by atoms with Crippen LogP contribution in [0.2, 0.25) is 5.02 Å². The second-order valence-corrected chi connectivity index (χ2v) is 28.7. The third kappa shape index (κ3) is 20.0. The second kappa shape index (κ2) is 35.3. The molecule has 100 heavy (non-hydrogen) atoms. The fourth-order valence-corrected chi connectivity index (χ4v) is 14.1. The van der Waals surface area contributed by atoms with Crippen molar-refractivity contribution >= 4 is 82.5 Å². The van der Waals surface area contributed by atoms with Crippen molar-refractivity contribution in [3.63, 3.8) is 0 Å². The van der Waals surface area contributed by atoms with Crippen LogP contribution in [0.5, 0.6) is 0 Å². The molecular weight excluding hydrogens is 1320 g/mol. The summed E-state index contributed by atoms with van der Waals surface area (Å²) in [5.41, 5.74) is -1.77. The van der Waals surface area contributed by atoms with Crippen LogP contribution in [-0.4, -0.2) is 251 Å². The van der Waals surface area contributed by atoms with Crippen LogP contribution in [0.25, 0.3) is 0 Å². The summed E-state index contributed by atoms with van der Waals surface area (Å²) in [6, 6.07) is 2.09. The summed E-state index contributed by atoms with van der Waals surface area (Å²) in [5, 5.41) is 17.7. The molecular formula is C71H101ClF3N13O12. The summed E-state index contributed by atoms with van der Waals surface area (Å²) in [4.78, 5) is 189. The third-order valence-electron chi connectivity index (χ3n) is 20.1. The molecule has 1 aliphatic carbocycles. The topological polar surface area (TPSA) is 294 Å². The van der Waals surface area contributed by atoms with Crippen LogP contribution < -0.4 is 16.0 Å². The molecule has 8 atom stereocenters. The van der Waals surface area contributed by atoms with Gasteiger partial charge in [0, 0.05) is 75.4 Å². The van der Waals surface area contributed by atoms with Crippen LogP contribution >= 0.6 is 11.6 Å². The first-order valence-corrected chi connectivity index (χ1v) is 35.0. The zero-order chi connectivity index (χ0) is 74.4. The molecule has 3 N–H and O–H groups in total. The Kier molecular flexibility index (Phi) is 28.5. The van der Waals surface area contributed by atoms with Gasteiger partial charge in [0.05, 0.1) is 48.3 Å². The molecule has 550 valence electrons. The first-order chi connectivity index (χ1) is 47.0. The number of carbonyl (C=O) groups excluding carboxylic acids is 12. The third-order valence-corrected chi connectivity index (χ3v) is 20.4. The summed E-state index contributed by atoms with van der Waals surface area (Å²) in [5.74, 6) is -9.89. The average molecular weight is 1420 g/mol. The maximum absolute atomic E-state index is 15.4. The molecule has 0 radical (unpaired) electrons. The van der Waals surface area contributed by atoms with E-state index in [1.165, 1.54) is 87.1 Å². The summed E-state index contributed by atoms with van der Waals surface area (Å²) in [7, 11) is 9.49. The van der Waals surface area contributed by atoms with E-state index in [4.69, 9.17) is 11.6 Å². The Bertz CT molecular complexity index is 3390. The van der Waals surface area contributed by atoms with Crippen LogP contribution in [0.1, 0.15) is 147 Å². The van der Waals surface area contributed by atoms with Crippen molar-refractivity contribution in [3.05, 3.63) is 69.7 Å². The van der Waals surface area contributed by atoms with E-state index in [0.29, 0.717) is 57.2 Å². The van der Waals surface area contributed by atoms with E-state index in [-0.39, 0.29) is 68.5 Å². The fourth-order valence-electron chi connectivity index (χ4n) is 13.8. The van der Waals surface area contributed by atoms with Crippen LogP contribution in [-0.2, 0) is 76.6 Å². The predicted molar refractivity (Wildman–Crippen MR) is 366 cm³/mol. The molecule has 0 aromatic heterocycles. The van der Waals surface area contributed by atoms with Gasteiger partial charge in [-0.15, -0.1) is 0 Å². The van der Waals surface area contributed by atoms with Crippen molar-refractivity contribution in [2.45, 2.75) is 192 Å². The molecule has 0 bridgehead atoms. The Labute approximate surface area is 590 Å². The molecule has 4 aliphatic rings. The molecule has 1 spiro atoms. The highest BCUT2D eigenvalue weighted by Gasteiger charge is 2.51. The number of halogens is 4. The lowest BCUT2D eigenvalue weighted by atomic mass is 9.91. The van der Waals surface area contributed by atoms with Gasteiger partial charge in [0.1, 0.15) is 47.8 Å². The molecule has 2 aromatic carbocycles. The number of carbonyl (C=O) groups is 12. The number of likely N-dealkylation sites (N-methyl/N-ethyl adjacent to an activating group) is 7. The number of nitrogens with one attached hydrogen (secondary N) is 3. The Morgan fingerprint density at radius 2 is 1.30 bits per heavy atom. The van der Waals surface area contributed by atoms with Crippen LogP contribution in [0.4, 0.5) is 13.2 Å². The number of piperidine rings is 1. The molecule has 2 aromatic rings. The fraction of sp³-hybridized carbons (Fsp3) is 0.648. The summed E-state index contributed by atoms with van der Waals surface area (Å²) in [6.07, 6.45) is -1.65. The van der Waals surface area contributed by atoms with Crippen molar-refractivity contribution in [1.82, 2.24) is 60.0 Å². The van der Waals surface area contributed by atoms with E-state index in [2.05, 4.69) is 16.0 Å². The van der Waals surface area contributed by atoms with Crippen LogP contribution in [0.3, 0.4) is 0 Å². The van der Waals surface area contributed by atoms with Crippen LogP contribution in [0.15, 0.2) is 42.5 Å². The predicted octanol–water partition coefficient (Wildman–Crippen LogP) is 4.64. The second-order valence-electron chi connectivity index (χ2n) is 28.3. The van der Waals surface area contributed by atoms with Gasteiger partial charge in [-0.05, 0) is 117 Å². The lowest BCUT2D eigenvalue weighted by molar-refractivity contribution is -0.156. The number of hydrogen-bond acceptors (Lipinski definition) is 13. The van der Waals surface area contributed by atoms with E-state index >= 15 is 19.2 Å². The Morgan fingerprint density at radius 3 is 1.90 bits per heavy atom. The zero-order valence-corrected chi connectivity index (χ0v) is 60.8. The number of benzene rings is 2. The molecule has 25 nitrogen and oxygen atoms in total. The SMILES string of the molecule is CC[C@H](C)[C@@H]1NC(=O)[C@H](CC(C)C)N(C)C(=O)C[C@@H](C(=O)N2CCCCC2)N(C)C(=O)[C@H](C(C)C)N(C)C(=O)C2(CCCC2)NC(=O)[C@@H]2CCCN2C(=O)[C@H](CCc2ccc(C(F)(F)F)c(Cl)c2)NC(=O)CN(C)C(=O)[C@H](Cc2cccc(C#N)c2)N(C)C(=O)CN(C)C(=O)CN(C)C1=O. The monoisotopic (exact) mass is 1420 g/mol. The van der Waals surface area contributed by atoms with Crippen molar-refractivity contribution in [3.8, 4) is 6.07 Å². The molecule has 3 heterocycles. The summed E-state index contributed by atoms with van der Waals surface area (Å²) < 4.78 is 41.6. The highest BCUT2D eigenvalue weighted by molar-refractivity contribution is 6.31. The minimum Gasteiger partial charge on any atom is -0.343 e. The first-order valence-electron chi connectivity index (χ1n) is 34.6. The summed E-state index contributed by atoms with van der Waals surface area (Å²) in [6.45, 7) is 9.41. The number of amides is 12. The number of alkyl halides is 3. The Hall–Kier alpha value is -8.35. The number of hydrogen-bond donors (Lipinski definition) is 3. The first kappa shape index (κ1) is 80.6. The van der Waals surface area contributed by atoms with Crippen molar-refractivity contribution in [2.75, 3.05) is 88.6 Å². The molecule has 1 saturated carbocycles. The molecule has 29 heteroatoms. The molecule has 3 aliphatic heterocycles.